The molecular weight excluding hydrogens is 468 g/mol. The lowest BCUT2D eigenvalue weighted by atomic mass is 10.1. The van der Waals surface area contributed by atoms with E-state index in [0.717, 1.165) is 32.5 Å². The molecule has 2 aromatic heterocycles. The molecule has 2 heterocycles. The van der Waals surface area contributed by atoms with Gasteiger partial charge in [-0.1, -0.05) is 41.6 Å². The van der Waals surface area contributed by atoms with Crippen molar-refractivity contribution in [2.24, 2.45) is 0 Å². The normalized spacial score (nSPS) is 10.8. The van der Waals surface area contributed by atoms with Gasteiger partial charge in [0.25, 0.3) is 5.56 Å². The number of ether oxygens (including phenoxy) is 1. The summed E-state index contributed by atoms with van der Waals surface area (Å²) in [7, 11) is 1.63. The summed E-state index contributed by atoms with van der Waals surface area (Å²) in [5.41, 5.74) is 4.23. The minimum absolute atomic E-state index is 0.130. The second kappa shape index (κ2) is 10.7. The van der Waals surface area contributed by atoms with E-state index in [9.17, 15) is 9.59 Å². The number of methoxy groups -OCH3 is 1. The van der Waals surface area contributed by atoms with Crippen LogP contribution in [0.2, 0.25) is 0 Å². The van der Waals surface area contributed by atoms with E-state index >= 15 is 0 Å². The van der Waals surface area contributed by atoms with Crippen LogP contribution in [0.25, 0.3) is 21.1 Å². The molecule has 0 spiro atoms. The zero-order chi connectivity index (χ0) is 24.1. The minimum atomic E-state index is -0.272. The maximum absolute atomic E-state index is 12.3. The molecule has 2 N–H and O–H groups in total. The Bertz CT molecular complexity index is 1350. The van der Waals surface area contributed by atoms with Crippen LogP contribution in [-0.4, -0.2) is 33.7 Å². The Labute approximate surface area is 205 Å². The molecule has 7 nitrogen and oxygen atoms in total. The lowest BCUT2D eigenvalue weighted by Crippen LogP contribution is -2.24. The lowest BCUT2D eigenvalue weighted by molar-refractivity contribution is -0.118. The second-order valence-corrected chi connectivity index (χ2v) is 9.61. The molecule has 0 bridgehead atoms. The molecule has 34 heavy (non-hydrogen) atoms. The van der Waals surface area contributed by atoms with Gasteiger partial charge in [0.15, 0.2) is 5.16 Å². The monoisotopic (exact) mass is 492 g/mol. The molecule has 9 heteroatoms. The molecule has 0 atom stereocenters. The zero-order valence-corrected chi connectivity index (χ0v) is 20.7. The van der Waals surface area contributed by atoms with E-state index in [1.165, 1.54) is 34.7 Å². The number of aryl methyl sites for hydroxylation is 2. The third-order valence-corrected chi connectivity index (χ3v) is 7.14. The predicted molar refractivity (Wildman–Crippen MR) is 136 cm³/mol. The molecule has 0 fully saturated rings. The van der Waals surface area contributed by atoms with E-state index in [2.05, 4.69) is 20.3 Å². The van der Waals surface area contributed by atoms with Gasteiger partial charge in [-0.05, 0) is 43.7 Å². The van der Waals surface area contributed by atoms with Gasteiger partial charge in [0.1, 0.15) is 10.8 Å². The second-order valence-electron chi connectivity index (χ2n) is 7.65. The highest BCUT2D eigenvalue weighted by atomic mass is 32.2. The lowest BCUT2D eigenvalue weighted by Gasteiger charge is -2.06. The summed E-state index contributed by atoms with van der Waals surface area (Å²) in [5, 5.41) is 4.12. The number of hydrogen-bond donors (Lipinski definition) is 2. The molecule has 0 aliphatic rings. The zero-order valence-electron chi connectivity index (χ0n) is 19.0. The van der Waals surface area contributed by atoms with Crippen LogP contribution in [0.15, 0.2) is 64.5 Å². The first-order valence-corrected chi connectivity index (χ1v) is 12.4. The van der Waals surface area contributed by atoms with Crippen molar-refractivity contribution < 1.29 is 9.53 Å². The molecular formula is C25H24N4O3S2. The van der Waals surface area contributed by atoms with Gasteiger partial charge >= 0.3 is 0 Å². The fourth-order valence-electron chi connectivity index (χ4n) is 3.20. The van der Waals surface area contributed by atoms with Crippen LogP contribution in [0, 0.1) is 13.8 Å². The first-order chi connectivity index (χ1) is 16.4. The fourth-order valence-corrected chi connectivity index (χ4v) is 4.94. The van der Waals surface area contributed by atoms with Crippen molar-refractivity contribution in [3.8, 4) is 26.9 Å². The molecule has 4 aromatic rings. The van der Waals surface area contributed by atoms with Crippen LogP contribution in [0.3, 0.4) is 0 Å². The van der Waals surface area contributed by atoms with Gasteiger partial charge in [0, 0.05) is 18.2 Å². The predicted octanol–water partition coefficient (Wildman–Crippen LogP) is 4.59. The molecule has 174 valence electrons. The van der Waals surface area contributed by atoms with Gasteiger partial charge in [-0.25, -0.2) is 9.97 Å². The number of aromatic nitrogens is 3. The number of thioether (sulfide) groups is 1. The van der Waals surface area contributed by atoms with Crippen molar-refractivity contribution in [2.75, 3.05) is 12.9 Å². The van der Waals surface area contributed by atoms with Gasteiger partial charge in [-0.15, -0.1) is 11.3 Å². The van der Waals surface area contributed by atoms with Gasteiger partial charge in [0.2, 0.25) is 5.91 Å². The fraction of sp³-hybridized carbons (Fsp3) is 0.200. The van der Waals surface area contributed by atoms with Crippen molar-refractivity contribution in [1.29, 1.82) is 0 Å². The maximum atomic E-state index is 12.3. The number of nitrogens with one attached hydrogen (secondary N) is 2. The third-order valence-electron chi connectivity index (χ3n) is 5.04. The highest BCUT2D eigenvalue weighted by Gasteiger charge is 2.15. The number of hydrogen-bond acceptors (Lipinski definition) is 7. The van der Waals surface area contributed by atoms with E-state index < -0.39 is 0 Å². The van der Waals surface area contributed by atoms with E-state index in [0.29, 0.717) is 17.4 Å². The smallest absolute Gasteiger partial charge is 0.252 e. The summed E-state index contributed by atoms with van der Waals surface area (Å²) in [6.45, 7) is 4.37. The first kappa shape index (κ1) is 23.7. The van der Waals surface area contributed by atoms with Crippen LogP contribution in [-0.2, 0) is 11.3 Å². The molecule has 4 rings (SSSR count). The molecule has 0 aliphatic carbocycles. The summed E-state index contributed by atoms with van der Waals surface area (Å²) < 4.78 is 5.22. The van der Waals surface area contributed by atoms with Gasteiger partial charge in [0.05, 0.1) is 29.1 Å². The van der Waals surface area contributed by atoms with Crippen LogP contribution in [0.4, 0.5) is 0 Å². The molecule has 0 unspecified atom stereocenters. The Balaban J connectivity index is 1.44. The number of carbonyl (C=O) groups excluding carboxylic acids is 1. The van der Waals surface area contributed by atoms with Crippen molar-refractivity contribution in [3.63, 3.8) is 0 Å². The van der Waals surface area contributed by atoms with Gasteiger partial charge in [-0.3, -0.25) is 9.59 Å². The van der Waals surface area contributed by atoms with E-state index in [1.54, 1.807) is 7.11 Å². The van der Waals surface area contributed by atoms with Crippen LogP contribution < -0.4 is 15.6 Å². The van der Waals surface area contributed by atoms with Crippen LogP contribution in [0.1, 0.15) is 16.8 Å². The number of thiazole rings is 1. The number of carbonyl (C=O) groups is 1. The Morgan fingerprint density at radius 1 is 1.09 bits per heavy atom. The van der Waals surface area contributed by atoms with Crippen molar-refractivity contribution in [2.45, 2.75) is 25.5 Å². The van der Waals surface area contributed by atoms with Crippen LogP contribution >= 0.6 is 23.1 Å². The number of nitrogens with zero attached hydrogens (tertiary/aromatic N) is 2. The third kappa shape index (κ3) is 5.92. The number of amides is 1. The molecule has 1 amide bonds. The topological polar surface area (TPSA) is 97.0 Å². The van der Waals surface area contributed by atoms with Gasteiger partial charge < -0.3 is 15.0 Å². The van der Waals surface area contributed by atoms with Gasteiger partial charge in [-0.2, -0.15) is 0 Å². The summed E-state index contributed by atoms with van der Waals surface area (Å²) >= 11 is 2.67. The number of benzene rings is 2. The summed E-state index contributed by atoms with van der Waals surface area (Å²) in [6, 6.07) is 17.1. The quantitative estimate of drug-likeness (QED) is 0.276. The average molecular weight is 493 g/mol. The maximum Gasteiger partial charge on any atom is 0.252 e. The number of aromatic amines is 1. The van der Waals surface area contributed by atoms with E-state index in [1.807, 2.05) is 62.4 Å². The van der Waals surface area contributed by atoms with Crippen molar-refractivity contribution in [1.82, 2.24) is 20.3 Å². The average Bonchev–Trinajstić information content (AvgIpc) is 3.23. The largest absolute Gasteiger partial charge is 0.497 e. The first-order valence-electron chi connectivity index (χ1n) is 10.6. The van der Waals surface area contributed by atoms with Crippen molar-refractivity contribution >= 4 is 29.0 Å². The SMILES string of the molecule is COc1ccc(-c2nc(C)c(-c3cc(=O)[nH]c(SCC(=O)NCc4ccc(C)cc4)n3)s2)cc1. The highest BCUT2D eigenvalue weighted by molar-refractivity contribution is 7.99. The standard InChI is InChI=1S/C25H24N4O3S2/c1-15-4-6-17(7-5-15)13-26-22(31)14-33-25-28-20(12-21(30)29-25)23-16(2)27-24(34-23)18-8-10-19(32-3)11-9-18/h4-12H,13-14H2,1-3H3,(H,26,31)(H,28,29,30). The molecule has 0 radical (unpaired) electrons. The molecule has 0 saturated heterocycles. The molecule has 0 aliphatic heterocycles. The summed E-state index contributed by atoms with van der Waals surface area (Å²) in [6.07, 6.45) is 0. The Hall–Kier alpha value is -3.43. The summed E-state index contributed by atoms with van der Waals surface area (Å²) in [4.78, 5) is 37.3. The Morgan fingerprint density at radius 2 is 1.82 bits per heavy atom. The van der Waals surface area contributed by atoms with E-state index in [4.69, 9.17) is 4.74 Å². The number of H-pyrrole nitrogens is 1. The summed E-state index contributed by atoms with van der Waals surface area (Å²) in [5.74, 6) is 0.796. The Kier molecular flexibility index (Phi) is 7.44. The minimum Gasteiger partial charge on any atom is -0.497 e. The molecule has 0 saturated carbocycles. The Morgan fingerprint density at radius 3 is 2.53 bits per heavy atom. The molecule has 2 aromatic carbocycles. The number of rotatable bonds is 8. The van der Waals surface area contributed by atoms with Crippen molar-refractivity contribution in [3.05, 3.63) is 81.8 Å². The highest BCUT2D eigenvalue weighted by Crippen LogP contribution is 2.34. The van der Waals surface area contributed by atoms with Crippen LogP contribution in [0.5, 0.6) is 5.75 Å². The van der Waals surface area contributed by atoms with E-state index in [-0.39, 0.29) is 17.2 Å².